The monoisotopic (exact) mass is 405 g/mol. The van der Waals surface area contributed by atoms with Gasteiger partial charge >= 0.3 is 0 Å². The van der Waals surface area contributed by atoms with Crippen LogP contribution in [0.1, 0.15) is 37.7 Å². The van der Waals surface area contributed by atoms with Crippen LogP contribution in [-0.4, -0.2) is 44.8 Å². The van der Waals surface area contributed by atoms with Crippen molar-refractivity contribution in [2.45, 2.75) is 32.1 Å². The number of rotatable bonds is 4. The Balaban J connectivity index is 1.46. The number of hydrogen-bond acceptors (Lipinski definition) is 5. The molecule has 1 aromatic carbocycles. The second-order valence-corrected chi connectivity index (χ2v) is 9.63. The number of amides is 2. The van der Waals surface area contributed by atoms with E-state index in [9.17, 15) is 18.0 Å². The summed E-state index contributed by atoms with van der Waals surface area (Å²) in [5.41, 5.74) is 6.68. The van der Waals surface area contributed by atoms with Crippen LogP contribution < -0.4 is 15.8 Å². The van der Waals surface area contributed by atoms with Crippen molar-refractivity contribution in [1.82, 2.24) is 10.9 Å². The van der Waals surface area contributed by atoms with E-state index in [4.69, 9.17) is 0 Å². The van der Waals surface area contributed by atoms with Gasteiger partial charge in [0.15, 0.2) is 9.84 Å². The van der Waals surface area contributed by atoms with Crippen molar-refractivity contribution in [1.29, 1.82) is 0 Å². The Morgan fingerprint density at radius 1 is 1.00 bits per heavy atom. The van der Waals surface area contributed by atoms with Crippen LogP contribution in [0.25, 0.3) is 6.08 Å². The summed E-state index contributed by atoms with van der Waals surface area (Å²) in [4.78, 5) is 26.2. The van der Waals surface area contributed by atoms with Crippen LogP contribution in [0.15, 0.2) is 30.3 Å². The second kappa shape index (κ2) is 9.23. The highest BCUT2D eigenvalue weighted by Crippen LogP contribution is 2.20. The van der Waals surface area contributed by atoms with Crippen molar-refractivity contribution in [3.8, 4) is 0 Å². The van der Waals surface area contributed by atoms with Crippen LogP contribution in [0, 0.1) is 5.92 Å². The Bertz CT molecular complexity index is 826. The minimum absolute atomic E-state index is 0.0202. The third-order valence-electron chi connectivity index (χ3n) is 5.20. The first-order chi connectivity index (χ1) is 13.4. The first-order valence-corrected chi connectivity index (χ1v) is 11.6. The molecule has 1 aromatic rings. The molecule has 0 unspecified atom stereocenters. The van der Waals surface area contributed by atoms with Crippen molar-refractivity contribution in [3.63, 3.8) is 0 Å². The number of hydrazine groups is 1. The number of carbonyl (C=O) groups excluding carboxylic acids is 2. The van der Waals surface area contributed by atoms with E-state index in [-0.39, 0.29) is 11.5 Å². The molecule has 8 heteroatoms. The van der Waals surface area contributed by atoms with Gasteiger partial charge in [-0.2, -0.15) is 0 Å². The molecule has 0 aromatic heterocycles. The minimum atomic E-state index is -3.13. The molecule has 0 radical (unpaired) electrons. The average Bonchev–Trinajstić information content (AvgIpc) is 2.88. The molecular weight excluding hydrogens is 378 g/mol. The van der Waals surface area contributed by atoms with E-state index in [1.165, 1.54) is 37.4 Å². The lowest BCUT2D eigenvalue weighted by molar-refractivity contribution is -0.129. The van der Waals surface area contributed by atoms with E-state index in [0.717, 1.165) is 18.7 Å². The lowest BCUT2D eigenvalue weighted by Crippen LogP contribution is -2.44. The number of anilines is 1. The fourth-order valence-corrected chi connectivity index (χ4v) is 5.31. The lowest BCUT2D eigenvalue weighted by atomic mass is 10.1. The number of nitrogens with zero attached hydrogens (tertiary/aromatic N) is 1. The first-order valence-electron chi connectivity index (χ1n) is 9.76. The third kappa shape index (κ3) is 5.82. The molecule has 2 fully saturated rings. The topological polar surface area (TPSA) is 95.6 Å². The van der Waals surface area contributed by atoms with E-state index in [2.05, 4.69) is 27.9 Å². The van der Waals surface area contributed by atoms with E-state index >= 15 is 0 Å². The smallest absolute Gasteiger partial charge is 0.262 e. The van der Waals surface area contributed by atoms with E-state index in [1.54, 1.807) is 6.08 Å². The molecule has 2 heterocycles. The predicted molar refractivity (Wildman–Crippen MR) is 109 cm³/mol. The molecule has 0 saturated carbocycles. The molecule has 0 aliphatic carbocycles. The molecule has 7 nitrogen and oxygen atoms in total. The number of sulfone groups is 1. The average molecular weight is 406 g/mol. The van der Waals surface area contributed by atoms with E-state index in [1.807, 2.05) is 12.1 Å². The maximum atomic E-state index is 11.9. The molecule has 1 atom stereocenters. The molecule has 2 amide bonds. The Hall–Kier alpha value is -2.35. The summed E-state index contributed by atoms with van der Waals surface area (Å²) in [5, 5.41) is 0. The van der Waals surface area contributed by atoms with Gasteiger partial charge in [-0.25, -0.2) is 8.42 Å². The SMILES string of the molecule is O=C(/C=C/c1ccc(N2CCCCCC2)cc1)NNC(=O)[C@H]1CCS(=O)(=O)C1. The second-order valence-electron chi connectivity index (χ2n) is 7.40. The molecule has 2 aliphatic rings. The van der Waals surface area contributed by atoms with Crippen molar-refractivity contribution < 1.29 is 18.0 Å². The highest BCUT2D eigenvalue weighted by atomic mass is 32.2. The van der Waals surface area contributed by atoms with Crippen LogP contribution in [0.2, 0.25) is 0 Å². The first kappa shape index (κ1) is 20.4. The summed E-state index contributed by atoms with van der Waals surface area (Å²) >= 11 is 0. The molecule has 152 valence electrons. The quantitative estimate of drug-likeness (QED) is 0.587. The van der Waals surface area contributed by atoms with Crippen LogP contribution >= 0.6 is 0 Å². The fourth-order valence-electron chi connectivity index (χ4n) is 3.57. The van der Waals surface area contributed by atoms with E-state index < -0.39 is 27.6 Å². The summed E-state index contributed by atoms with van der Waals surface area (Å²) in [6.07, 6.45) is 8.34. The zero-order valence-corrected chi connectivity index (χ0v) is 16.7. The Morgan fingerprint density at radius 3 is 2.29 bits per heavy atom. The van der Waals surface area contributed by atoms with Gasteiger partial charge in [-0.1, -0.05) is 25.0 Å². The molecule has 0 bridgehead atoms. The maximum absolute atomic E-state index is 11.9. The highest BCUT2D eigenvalue weighted by molar-refractivity contribution is 7.91. The van der Waals surface area contributed by atoms with Gasteiger partial charge in [-0.15, -0.1) is 0 Å². The van der Waals surface area contributed by atoms with Crippen molar-refractivity contribution in [2.24, 2.45) is 5.92 Å². The van der Waals surface area contributed by atoms with Crippen molar-refractivity contribution in [2.75, 3.05) is 29.5 Å². The van der Waals surface area contributed by atoms with Gasteiger partial charge in [0.1, 0.15) is 0 Å². The number of benzene rings is 1. The lowest BCUT2D eigenvalue weighted by Gasteiger charge is -2.22. The molecule has 2 N–H and O–H groups in total. The highest BCUT2D eigenvalue weighted by Gasteiger charge is 2.32. The van der Waals surface area contributed by atoms with Gasteiger partial charge < -0.3 is 4.90 Å². The largest absolute Gasteiger partial charge is 0.372 e. The molecule has 3 rings (SSSR count). The fraction of sp³-hybridized carbons (Fsp3) is 0.500. The molecule has 2 aliphatic heterocycles. The summed E-state index contributed by atoms with van der Waals surface area (Å²) in [6.45, 7) is 2.17. The minimum Gasteiger partial charge on any atom is -0.372 e. The van der Waals surface area contributed by atoms with Crippen molar-refractivity contribution >= 4 is 33.4 Å². The maximum Gasteiger partial charge on any atom is 0.262 e. The number of nitrogens with one attached hydrogen (secondary N) is 2. The van der Waals surface area contributed by atoms with E-state index in [0.29, 0.717) is 6.42 Å². The van der Waals surface area contributed by atoms with Gasteiger partial charge in [-0.3, -0.25) is 20.4 Å². The van der Waals surface area contributed by atoms with Gasteiger partial charge in [0.2, 0.25) is 5.91 Å². The summed E-state index contributed by atoms with van der Waals surface area (Å²) in [6, 6.07) is 8.05. The Morgan fingerprint density at radius 2 is 1.68 bits per heavy atom. The van der Waals surface area contributed by atoms with Crippen LogP contribution in [0.3, 0.4) is 0 Å². The number of hydrogen-bond donors (Lipinski definition) is 2. The van der Waals surface area contributed by atoms with Gasteiger partial charge in [0, 0.05) is 24.9 Å². The third-order valence-corrected chi connectivity index (χ3v) is 6.97. The van der Waals surface area contributed by atoms with Gasteiger partial charge in [0.05, 0.1) is 17.4 Å². The van der Waals surface area contributed by atoms with Crippen molar-refractivity contribution in [3.05, 3.63) is 35.9 Å². The number of carbonyl (C=O) groups is 2. The summed E-state index contributed by atoms with van der Waals surface area (Å²) in [7, 11) is -3.13. The Kier molecular flexibility index (Phi) is 6.72. The molecule has 28 heavy (non-hydrogen) atoms. The standard InChI is InChI=1S/C20H27N3O4S/c24-19(21-22-20(25)17-11-14-28(26,27)15-17)10-7-16-5-8-18(9-6-16)23-12-3-1-2-4-13-23/h5-10,17H,1-4,11-15H2,(H,21,24)(H,22,25)/b10-7+/t17-/m0/s1. The molecule has 0 spiro atoms. The molecular formula is C20H27N3O4S. The van der Waals surface area contributed by atoms with Crippen LogP contribution in [0.5, 0.6) is 0 Å². The zero-order chi connectivity index (χ0) is 20.0. The van der Waals surface area contributed by atoms with Crippen LogP contribution in [-0.2, 0) is 19.4 Å². The molecule has 2 saturated heterocycles. The normalized spacial score (nSPS) is 22.0. The van der Waals surface area contributed by atoms with Crippen LogP contribution in [0.4, 0.5) is 5.69 Å². The summed E-state index contributed by atoms with van der Waals surface area (Å²) < 4.78 is 22.8. The predicted octanol–water partition coefficient (Wildman–Crippen LogP) is 1.66. The summed E-state index contributed by atoms with van der Waals surface area (Å²) in [5.74, 6) is -1.67. The van der Waals surface area contributed by atoms with Gasteiger partial charge in [0.25, 0.3) is 5.91 Å². The zero-order valence-electron chi connectivity index (χ0n) is 15.9. The Labute approximate surface area is 166 Å². The van der Waals surface area contributed by atoms with Gasteiger partial charge in [-0.05, 0) is 43.0 Å².